The number of unbranched alkanes of at least 4 members (excludes halogenated alkanes) is 60. The van der Waals surface area contributed by atoms with Crippen molar-refractivity contribution in [2.75, 3.05) is 26.4 Å². The molecule has 0 bridgehead atoms. The van der Waals surface area contributed by atoms with Gasteiger partial charge in [-0.1, -0.05) is 385 Å². The van der Waals surface area contributed by atoms with Gasteiger partial charge in [0.05, 0.1) is 0 Å². The van der Waals surface area contributed by atoms with Crippen molar-refractivity contribution in [2.24, 2.45) is 5.41 Å². The van der Waals surface area contributed by atoms with E-state index in [1.54, 1.807) is 0 Å². The molecule has 0 N–H and O–H groups in total. The quantitative estimate of drug-likeness (QED) is 0.0257. The van der Waals surface area contributed by atoms with E-state index in [4.69, 9.17) is 18.9 Å². The minimum atomic E-state index is -1.22. The predicted molar refractivity (Wildman–Crippen MR) is 438 cm³/mol. The summed E-state index contributed by atoms with van der Waals surface area (Å²) < 4.78 is 24.1. The van der Waals surface area contributed by atoms with Gasteiger partial charge in [0.15, 0.2) is 0 Å². The van der Waals surface area contributed by atoms with E-state index in [9.17, 15) is 19.2 Å². The summed E-state index contributed by atoms with van der Waals surface area (Å²) in [6, 6.07) is 0. The van der Waals surface area contributed by atoms with Crippen LogP contribution >= 0.6 is 0 Å². The molecule has 0 atom stereocenters. The van der Waals surface area contributed by atoms with E-state index >= 15 is 0 Å². The van der Waals surface area contributed by atoms with Gasteiger partial charge in [0.2, 0.25) is 0 Å². The summed E-state index contributed by atoms with van der Waals surface area (Å²) in [7, 11) is 0. The van der Waals surface area contributed by atoms with Gasteiger partial charge in [0, 0.05) is 25.7 Å². The average molecular weight is 1420 g/mol. The first-order chi connectivity index (χ1) is 49.8. The Morgan fingerprint density at radius 3 is 0.436 bits per heavy atom. The summed E-state index contributed by atoms with van der Waals surface area (Å²) in [5.41, 5.74) is -1.22. The Morgan fingerprint density at radius 2 is 0.297 bits per heavy atom. The predicted octanol–water partition coefficient (Wildman–Crippen LogP) is 30.5. The van der Waals surface area contributed by atoms with E-state index in [1.807, 2.05) is 0 Å². The molecule has 0 aliphatic heterocycles. The standard InChI is InChI=1S/C93H172O8/c1-5-9-13-17-21-25-29-33-37-41-45-49-53-57-61-65-69-73-77-81-89(94)98-85-93(86-99-90(95)82-78-74-70-66-62-58-54-50-46-42-38-34-30-26-22-18-14-10-6-2,87-100-91(96)83-79-75-71-67-63-59-55-51-47-43-39-35-31-27-23-19-15-11-7-3)88-101-92(97)84-80-76-72-68-64-60-56-52-48-44-40-36-32-28-24-20-16-12-8-4/h33-40H,5-32,41-88H2,1-4H3/b37-33-,38-34-,39-35-,40-36-. The van der Waals surface area contributed by atoms with Crippen molar-refractivity contribution in [3.63, 3.8) is 0 Å². The van der Waals surface area contributed by atoms with Crippen LogP contribution in [0.2, 0.25) is 0 Å². The maximum atomic E-state index is 13.5. The molecule has 0 aliphatic carbocycles. The van der Waals surface area contributed by atoms with Gasteiger partial charge in [0.25, 0.3) is 0 Å². The lowest BCUT2D eigenvalue weighted by Crippen LogP contribution is -2.44. The number of hydrogen-bond donors (Lipinski definition) is 0. The molecular weight excluding hydrogens is 1250 g/mol. The van der Waals surface area contributed by atoms with Crippen molar-refractivity contribution >= 4 is 23.9 Å². The van der Waals surface area contributed by atoms with Crippen LogP contribution in [0.3, 0.4) is 0 Å². The van der Waals surface area contributed by atoms with Crippen LogP contribution in [0.15, 0.2) is 48.6 Å². The number of rotatable bonds is 84. The zero-order valence-electron chi connectivity index (χ0n) is 68.1. The number of esters is 4. The number of hydrogen-bond acceptors (Lipinski definition) is 8. The molecule has 0 aromatic heterocycles. The topological polar surface area (TPSA) is 105 Å². The Balaban J connectivity index is 5.45. The largest absolute Gasteiger partial charge is 0.465 e. The summed E-state index contributed by atoms with van der Waals surface area (Å²) in [6.45, 7) is 8.43. The molecule has 0 aromatic rings. The molecule has 592 valence electrons. The monoisotopic (exact) mass is 1420 g/mol. The highest BCUT2D eigenvalue weighted by Crippen LogP contribution is 2.25. The Kier molecular flexibility index (Phi) is 81.5. The Morgan fingerprint density at radius 1 is 0.178 bits per heavy atom. The van der Waals surface area contributed by atoms with Gasteiger partial charge in [-0.2, -0.15) is 0 Å². The van der Waals surface area contributed by atoms with Crippen molar-refractivity contribution in [3.05, 3.63) is 48.6 Å². The smallest absolute Gasteiger partial charge is 0.305 e. The summed E-state index contributed by atoms with van der Waals surface area (Å²) in [6.07, 6.45) is 104. The molecule has 0 spiro atoms. The summed E-state index contributed by atoms with van der Waals surface area (Å²) in [5.74, 6) is -1.32. The van der Waals surface area contributed by atoms with E-state index < -0.39 is 5.41 Å². The zero-order chi connectivity index (χ0) is 73.0. The third-order valence-corrected chi connectivity index (χ3v) is 20.7. The van der Waals surface area contributed by atoms with E-state index in [0.717, 1.165) is 77.0 Å². The fourth-order valence-corrected chi connectivity index (χ4v) is 13.7. The van der Waals surface area contributed by atoms with Crippen LogP contribution < -0.4 is 0 Å². The molecule has 0 rings (SSSR count). The normalized spacial score (nSPS) is 12.0. The molecule has 0 unspecified atom stereocenters. The Hall–Kier alpha value is -3.16. The van der Waals surface area contributed by atoms with E-state index in [1.165, 1.54) is 360 Å². The van der Waals surface area contributed by atoms with Crippen LogP contribution in [0.4, 0.5) is 0 Å². The first-order valence-electron chi connectivity index (χ1n) is 45.0. The molecule has 0 fully saturated rings. The number of carbonyl (C=O) groups is 4. The third-order valence-electron chi connectivity index (χ3n) is 20.7. The van der Waals surface area contributed by atoms with Crippen LogP contribution in [0, 0.1) is 5.41 Å². The van der Waals surface area contributed by atoms with Crippen molar-refractivity contribution in [1.29, 1.82) is 0 Å². The zero-order valence-corrected chi connectivity index (χ0v) is 68.1. The van der Waals surface area contributed by atoms with E-state index in [-0.39, 0.29) is 76.0 Å². The summed E-state index contributed by atoms with van der Waals surface area (Å²) in [4.78, 5) is 54.1. The number of carbonyl (C=O) groups excluding carboxylic acids is 4. The fourth-order valence-electron chi connectivity index (χ4n) is 13.7. The number of allylic oxidation sites excluding steroid dienone is 8. The van der Waals surface area contributed by atoms with E-state index in [2.05, 4.69) is 76.3 Å². The first kappa shape index (κ1) is 97.8. The summed E-state index contributed by atoms with van der Waals surface area (Å²) in [5, 5.41) is 0. The lowest BCUT2D eigenvalue weighted by molar-refractivity contribution is -0.170. The second-order valence-electron chi connectivity index (χ2n) is 31.1. The average Bonchev–Trinajstić information content (AvgIpc) is 0.889. The van der Waals surface area contributed by atoms with Crippen LogP contribution in [0.5, 0.6) is 0 Å². The van der Waals surface area contributed by atoms with Gasteiger partial charge in [-0.05, 0) is 128 Å². The van der Waals surface area contributed by atoms with Crippen LogP contribution in [0.1, 0.15) is 490 Å². The van der Waals surface area contributed by atoms with Crippen LogP contribution in [-0.4, -0.2) is 50.3 Å². The van der Waals surface area contributed by atoms with Crippen molar-refractivity contribution in [2.45, 2.75) is 490 Å². The van der Waals surface area contributed by atoms with Gasteiger partial charge >= 0.3 is 23.9 Å². The minimum absolute atomic E-state index is 0.170. The van der Waals surface area contributed by atoms with Gasteiger partial charge < -0.3 is 18.9 Å². The van der Waals surface area contributed by atoms with Crippen molar-refractivity contribution in [1.82, 2.24) is 0 Å². The molecule has 0 saturated carbocycles. The van der Waals surface area contributed by atoms with Gasteiger partial charge in [0.1, 0.15) is 31.8 Å². The van der Waals surface area contributed by atoms with E-state index in [0.29, 0.717) is 0 Å². The molecule has 0 amide bonds. The molecule has 0 aromatic carbocycles. The van der Waals surface area contributed by atoms with Crippen molar-refractivity contribution in [3.8, 4) is 0 Å². The molecule has 8 heteroatoms. The molecule has 101 heavy (non-hydrogen) atoms. The molecule has 0 saturated heterocycles. The van der Waals surface area contributed by atoms with Crippen LogP contribution in [-0.2, 0) is 38.1 Å². The molecule has 0 radical (unpaired) electrons. The molecule has 8 nitrogen and oxygen atoms in total. The van der Waals surface area contributed by atoms with Gasteiger partial charge in [-0.15, -0.1) is 0 Å². The second kappa shape index (κ2) is 84.1. The maximum Gasteiger partial charge on any atom is 0.305 e. The van der Waals surface area contributed by atoms with Gasteiger partial charge in [-0.25, -0.2) is 0 Å². The summed E-state index contributed by atoms with van der Waals surface area (Å²) >= 11 is 0. The highest BCUT2D eigenvalue weighted by molar-refractivity contribution is 5.71. The third kappa shape index (κ3) is 79.2. The second-order valence-corrected chi connectivity index (χ2v) is 31.1. The molecule has 0 heterocycles. The van der Waals surface area contributed by atoms with Crippen LogP contribution in [0.25, 0.3) is 0 Å². The Labute approximate surface area is 629 Å². The maximum absolute atomic E-state index is 13.5. The Bertz CT molecular complexity index is 1570. The highest BCUT2D eigenvalue weighted by atomic mass is 16.6. The van der Waals surface area contributed by atoms with Crippen molar-refractivity contribution < 1.29 is 38.1 Å². The van der Waals surface area contributed by atoms with Gasteiger partial charge in [-0.3, -0.25) is 19.2 Å². The number of ether oxygens (including phenoxy) is 4. The molecule has 0 aliphatic rings. The SMILES string of the molecule is CCCCCCCC/C=C\CCCCCCCCCCCC(=O)OCC(COC(=O)CCCCCCCCCCC/C=C\CCCCCCCC)(COC(=O)CCCCCCCCCCC/C=C\CCCCCCCC)COC(=O)CCCCCCCCCCC/C=C\CCCCCCCC. The molecular formula is C93H172O8. The minimum Gasteiger partial charge on any atom is -0.465 e. The highest BCUT2D eigenvalue weighted by Gasteiger charge is 2.38. The first-order valence-corrected chi connectivity index (χ1v) is 45.0. The lowest BCUT2D eigenvalue weighted by Gasteiger charge is -2.31. The lowest BCUT2D eigenvalue weighted by atomic mass is 9.92. The fraction of sp³-hybridized carbons (Fsp3) is 0.871.